The number of nitrogens with one attached hydrogen (secondary N) is 1. The summed E-state index contributed by atoms with van der Waals surface area (Å²) in [5.74, 6) is -0.199. The molecule has 1 unspecified atom stereocenters. The molecule has 0 fully saturated rings. The fourth-order valence-corrected chi connectivity index (χ4v) is 1.41. The summed E-state index contributed by atoms with van der Waals surface area (Å²) in [5.41, 5.74) is 7.21. The van der Waals surface area contributed by atoms with Gasteiger partial charge < -0.3 is 11.1 Å². The average Bonchev–Trinajstić information content (AvgIpc) is 2.30. The molecule has 0 spiro atoms. The summed E-state index contributed by atoms with van der Waals surface area (Å²) in [6.07, 6.45) is 0.371. The number of nitrogens with two attached hydrogens (primary N) is 1. The Bertz CT molecular complexity index is 451. The van der Waals surface area contributed by atoms with Gasteiger partial charge in [0.15, 0.2) is 0 Å². The second kappa shape index (κ2) is 5.65. The fourth-order valence-electron chi connectivity index (χ4n) is 1.41. The minimum absolute atomic E-state index is 0.199. The quantitative estimate of drug-likeness (QED) is 0.855. The van der Waals surface area contributed by atoms with E-state index in [0.29, 0.717) is 12.1 Å². The molecule has 1 atom stereocenters. The van der Waals surface area contributed by atoms with Crippen LogP contribution in [0.5, 0.6) is 0 Å². The number of rotatable bonds is 3. The van der Waals surface area contributed by atoms with Crippen molar-refractivity contribution in [2.45, 2.75) is 33.2 Å². The van der Waals surface area contributed by atoms with Crippen molar-refractivity contribution in [3.05, 3.63) is 29.8 Å². The third-order valence-corrected chi connectivity index (χ3v) is 2.72. The SMILES string of the molecule is CC(C)(C)C(N)C(=O)Nc1ccc(CC#N)cc1. The third kappa shape index (κ3) is 3.86. The van der Waals surface area contributed by atoms with Crippen molar-refractivity contribution in [2.24, 2.45) is 11.1 Å². The van der Waals surface area contributed by atoms with E-state index < -0.39 is 6.04 Å². The number of hydrogen-bond acceptors (Lipinski definition) is 3. The predicted octanol–water partition coefficient (Wildman–Crippen LogP) is 2.06. The molecule has 1 amide bonds. The normalized spacial score (nSPS) is 12.6. The van der Waals surface area contributed by atoms with Gasteiger partial charge in [-0.05, 0) is 23.1 Å². The van der Waals surface area contributed by atoms with E-state index in [9.17, 15) is 4.79 Å². The van der Waals surface area contributed by atoms with Crippen LogP contribution in [-0.4, -0.2) is 11.9 Å². The summed E-state index contributed by atoms with van der Waals surface area (Å²) >= 11 is 0. The van der Waals surface area contributed by atoms with E-state index in [4.69, 9.17) is 11.0 Å². The molecule has 4 nitrogen and oxygen atoms in total. The van der Waals surface area contributed by atoms with Crippen molar-refractivity contribution in [1.29, 1.82) is 5.26 Å². The first-order valence-corrected chi connectivity index (χ1v) is 5.87. The smallest absolute Gasteiger partial charge is 0.241 e. The van der Waals surface area contributed by atoms with Gasteiger partial charge in [0.2, 0.25) is 5.91 Å². The topological polar surface area (TPSA) is 78.9 Å². The first-order chi connectivity index (χ1) is 8.34. The van der Waals surface area contributed by atoms with E-state index in [2.05, 4.69) is 11.4 Å². The maximum atomic E-state index is 11.9. The molecule has 1 rings (SSSR count). The van der Waals surface area contributed by atoms with Gasteiger partial charge in [-0.3, -0.25) is 4.79 Å². The molecule has 1 aromatic carbocycles. The minimum Gasteiger partial charge on any atom is -0.325 e. The lowest BCUT2D eigenvalue weighted by Crippen LogP contribution is -2.45. The maximum Gasteiger partial charge on any atom is 0.241 e. The average molecular weight is 245 g/mol. The molecule has 96 valence electrons. The van der Waals surface area contributed by atoms with Crippen LogP contribution in [0.4, 0.5) is 5.69 Å². The van der Waals surface area contributed by atoms with Gasteiger partial charge in [0.1, 0.15) is 0 Å². The fraction of sp³-hybridized carbons (Fsp3) is 0.429. The van der Waals surface area contributed by atoms with Crippen molar-refractivity contribution >= 4 is 11.6 Å². The Morgan fingerprint density at radius 3 is 2.39 bits per heavy atom. The number of benzene rings is 1. The van der Waals surface area contributed by atoms with Gasteiger partial charge in [-0.1, -0.05) is 32.9 Å². The van der Waals surface area contributed by atoms with Crippen molar-refractivity contribution in [3.63, 3.8) is 0 Å². The van der Waals surface area contributed by atoms with Gasteiger partial charge >= 0.3 is 0 Å². The highest BCUT2D eigenvalue weighted by Gasteiger charge is 2.27. The van der Waals surface area contributed by atoms with Crippen LogP contribution in [-0.2, 0) is 11.2 Å². The van der Waals surface area contributed by atoms with E-state index in [1.165, 1.54) is 0 Å². The second-order valence-electron chi connectivity index (χ2n) is 5.36. The van der Waals surface area contributed by atoms with Gasteiger partial charge in [0, 0.05) is 5.69 Å². The Kier molecular flexibility index (Phi) is 4.46. The van der Waals surface area contributed by atoms with Gasteiger partial charge in [-0.15, -0.1) is 0 Å². The minimum atomic E-state index is -0.559. The Balaban J connectivity index is 2.68. The number of nitriles is 1. The van der Waals surface area contributed by atoms with E-state index in [-0.39, 0.29) is 11.3 Å². The van der Waals surface area contributed by atoms with Crippen LogP contribution in [0.25, 0.3) is 0 Å². The summed E-state index contributed by atoms with van der Waals surface area (Å²) < 4.78 is 0. The molecule has 0 aliphatic carbocycles. The van der Waals surface area contributed by atoms with Crippen LogP contribution in [0, 0.1) is 16.7 Å². The van der Waals surface area contributed by atoms with E-state index in [1.54, 1.807) is 12.1 Å². The van der Waals surface area contributed by atoms with Gasteiger partial charge in [0.25, 0.3) is 0 Å². The van der Waals surface area contributed by atoms with E-state index >= 15 is 0 Å². The van der Waals surface area contributed by atoms with Crippen LogP contribution >= 0.6 is 0 Å². The number of carbonyl (C=O) groups excluding carboxylic acids is 1. The molecule has 0 saturated heterocycles. The highest BCUT2D eigenvalue weighted by molar-refractivity contribution is 5.95. The third-order valence-electron chi connectivity index (χ3n) is 2.72. The Morgan fingerprint density at radius 1 is 1.39 bits per heavy atom. The molecular formula is C14H19N3O. The summed E-state index contributed by atoms with van der Waals surface area (Å²) in [7, 11) is 0. The van der Waals surface area contributed by atoms with E-state index in [0.717, 1.165) is 5.56 Å². The van der Waals surface area contributed by atoms with Crippen LogP contribution in [0.15, 0.2) is 24.3 Å². The van der Waals surface area contributed by atoms with Gasteiger partial charge in [0.05, 0.1) is 18.5 Å². The lowest BCUT2D eigenvalue weighted by molar-refractivity contribution is -0.119. The molecule has 0 aromatic heterocycles. The molecule has 0 bridgehead atoms. The number of hydrogen-bond donors (Lipinski definition) is 2. The number of carbonyl (C=O) groups is 1. The standard InChI is InChI=1S/C14H19N3O/c1-14(2,3)12(16)13(18)17-11-6-4-10(5-7-11)8-9-15/h4-7,12H,8,16H2,1-3H3,(H,17,18). The summed E-state index contributed by atoms with van der Waals surface area (Å²) in [6.45, 7) is 5.77. The molecule has 0 saturated carbocycles. The maximum absolute atomic E-state index is 11.9. The number of nitrogens with zero attached hydrogens (tertiary/aromatic N) is 1. The molecule has 0 aliphatic heterocycles. The van der Waals surface area contributed by atoms with E-state index in [1.807, 2.05) is 32.9 Å². The molecular weight excluding hydrogens is 226 g/mol. The van der Waals surface area contributed by atoms with Crippen molar-refractivity contribution in [3.8, 4) is 6.07 Å². The van der Waals surface area contributed by atoms with Gasteiger partial charge in [-0.25, -0.2) is 0 Å². The number of amides is 1. The van der Waals surface area contributed by atoms with Crippen LogP contribution in [0.2, 0.25) is 0 Å². The number of anilines is 1. The molecule has 18 heavy (non-hydrogen) atoms. The van der Waals surface area contributed by atoms with Crippen molar-refractivity contribution in [1.82, 2.24) is 0 Å². The zero-order valence-electron chi connectivity index (χ0n) is 11.0. The summed E-state index contributed by atoms with van der Waals surface area (Å²) in [5, 5.41) is 11.3. The van der Waals surface area contributed by atoms with Crippen LogP contribution in [0.1, 0.15) is 26.3 Å². The Labute approximate surface area is 108 Å². The predicted molar refractivity (Wildman–Crippen MR) is 71.8 cm³/mol. The molecule has 1 aromatic rings. The van der Waals surface area contributed by atoms with Gasteiger partial charge in [-0.2, -0.15) is 5.26 Å². The Morgan fingerprint density at radius 2 is 1.94 bits per heavy atom. The molecule has 3 N–H and O–H groups in total. The molecule has 0 radical (unpaired) electrons. The summed E-state index contributed by atoms with van der Waals surface area (Å²) in [4.78, 5) is 11.9. The first-order valence-electron chi connectivity index (χ1n) is 5.87. The van der Waals surface area contributed by atoms with Crippen molar-refractivity contribution in [2.75, 3.05) is 5.32 Å². The highest BCUT2D eigenvalue weighted by Crippen LogP contribution is 2.19. The molecule has 0 aliphatic rings. The summed E-state index contributed by atoms with van der Waals surface area (Å²) in [6, 6.07) is 8.71. The first kappa shape index (κ1) is 14.2. The lowest BCUT2D eigenvalue weighted by Gasteiger charge is -2.25. The zero-order valence-corrected chi connectivity index (χ0v) is 11.0. The van der Waals surface area contributed by atoms with Crippen LogP contribution in [0.3, 0.4) is 0 Å². The molecule has 4 heteroatoms. The monoisotopic (exact) mass is 245 g/mol. The largest absolute Gasteiger partial charge is 0.325 e. The lowest BCUT2D eigenvalue weighted by atomic mass is 9.87. The Hall–Kier alpha value is -1.86. The van der Waals surface area contributed by atoms with Crippen molar-refractivity contribution < 1.29 is 4.79 Å². The molecule has 0 heterocycles. The highest BCUT2D eigenvalue weighted by atomic mass is 16.2. The second-order valence-corrected chi connectivity index (χ2v) is 5.36. The van der Waals surface area contributed by atoms with Crippen LogP contribution < -0.4 is 11.1 Å². The zero-order chi connectivity index (χ0) is 13.8.